The molecule has 1 amide bonds. The fraction of sp³-hybridized carbons (Fsp3) is 0.286. The van der Waals surface area contributed by atoms with E-state index in [9.17, 15) is 9.59 Å². The molecular weight excluding hydrogens is 370 g/mol. The second kappa shape index (κ2) is 6.89. The maximum Gasteiger partial charge on any atom is 0.417 e. The lowest BCUT2D eigenvalue weighted by Gasteiger charge is -2.19. The fourth-order valence-corrected chi connectivity index (χ4v) is 3.97. The highest BCUT2D eigenvalue weighted by Crippen LogP contribution is 2.23. The van der Waals surface area contributed by atoms with Gasteiger partial charge in [-0.1, -0.05) is 0 Å². The van der Waals surface area contributed by atoms with Crippen molar-refractivity contribution in [3.8, 4) is 0 Å². The molecule has 0 bridgehead atoms. The highest BCUT2D eigenvalue weighted by molar-refractivity contribution is 6.05. The molecule has 8 heteroatoms. The van der Waals surface area contributed by atoms with Gasteiger partial charge in [-0.25, -0.2) is 9.78 Å². The molecule has 0 unspecified atom stereocenters. The van der Waals surface area contributed by atoms with Gasteiger partial charge in [-0.15, -0.1) is 0 Å². The van der Waals surface area contributed by atoms with Gasteiger partial charge in [-0.05, 0) is 50.6 Å². The van der Waals surface area contributed by atoms with E-state index in [2.05, 4.69) is 38.2 Å². The fourth-order valence-electron chi connectivity index (χ4n) is 3.97. The number of rotatable bonds is 4. The van der Waals surface area contributed by atoms with Crippen LogP contribution in [-0.2, 0) is 6.54 Å². The van der Waals surface area contributed by atoms with Gasteiger partial charge < -0.3 is 14.7 Å². The molecule has 1 aliphatic rings. The lowest BCUT2D eigenvalue weighted by atomic mass is 10.2. The number of fused-ring (bicyclic) bond motifs is 2. The van der Waals surface area contributed by atoms with Gasteiger partial charge >= 0.3 is 5.76 Å². The lowest BCUT2D eigenvalue weighted by Crippen LogP contribution is -2.26. The van der Waals surface area contributed by atoms with E-state index in [1.807, 2.05) is 6.07 Å². The number of H-pyrrole nitrogens is 2. The first-order valence-corrected chi connectivity index (χ1v) is 9.71. The van der Waals surface area contributed by atoms with E-state index in [4.69, 9.17) is 4.42 Å². The van der Waals surface area contributed by atoms with Crippen LogP contribution in [0.1, 0.15) is 35.8 Å². The van der Waals surface area contributed by atoms with Crippen LogP contribution in [0, 0.1) is 0 Å². The van der Waals surface area contributed by atoms with E-state index >= 15 is 0 Å². The van der Waals surface area contributed by atoms with Crippen molar-refractivity contribution in [1.82, 2.24) is 19.9 Å². The summed E-state index contributed by atoms with van der Waals surface area (Å²) < 4.78 is 4.96. The van der Waals surface area contributed by atoms with Crippen molar-refractivity contribution < 1.29 is 9.21 Å². The molecule has 1 saturated heterocycles. The molecule has 0 aliphatic carbocycles. The summed E-state index contributed by atoms with van der Waals surface area (Å²) in [6, 6.07) is 9.34. The molecule has 1 atom stereocenters. The van der Waals surface area contributed by atoms with Crippen molar-refractivity contribution in [2.75, 3.05) is 11.9 Å². The maximum absolute atomic E-state index is 12.6. The van der Waals surface area contributed by atoms with E-state index in [1.165, 1.54) is 12.8 Å². The topological polar surface area (TPSA) is 107 Å². The lowest BCUT2D eigenvalue weighted by molar-refractivity contribution is 0.102. The van der Waals surface area contributed by atoms with Crippen LogP contribution in [-0.4, -0.2) is 38.3 Å². The summed E-state index contributed by atoms with van der Waals surface area (Å²) >= 11 is 0. The van der Waals surface area contributed by atoms with Gasteiger partial charge in [0.05, 0.1) is 11.0 Å². The predicted molar refractivity (Wildman–Crippen MR) is 110 cm³/mol. The van der Waals surface area contributed by atoms with Crippen molar-refractivity contribution in [1.29, 1.82) is 0 Å². The zero-order valence-corrected chi connectivity index (χ0v) is 16.0. The zero-order chi connectivity index (χ0) is 20.0. The largest absolute Gasteiger partial charge is 0.417 e. The molecule has 0 spiro atoms. The van der Waals surface area contributed by atoms with Crippen molar-refractivity contribution in [2.24, 2.45) is 0 Å². The van der Waals surface area contributed by atoms with Crippen molar-refractivity contribution in [3.05, 3.63) is 58.3 Å². The molecular formula is C21H21N5O3. The van der Waals surface area contributed by atoms with Gasteiger partial charge in [-0.2, -0.15) is 0 Å². The molecule has 5 rings (SSSR count). The van der Waals surface area contributed by atoms with E-state index in [0.29, 0.717) is 28.5 Å². The Hall–Kier alpha value is -3.39. The van der Waals surface area contributed by atoms with Crippen LogP contribution in [0.2, 0.25) is 0 Å². The molecule has 4 aromatic rings. The minimum absolute atomic E-state index is 0.307. The number of hydrogen-bond acceptors (Lipinski definition) is 5. The van der Waals surface area contributed by atoms with Gasteiger partial charge in [0.1, 0.15) is 5.82 Å². The number of pyridine rings is 1. The Morgan fingerprint density at radius 2 is 2.17 bits per heavy atom. The first-order chi connectivity index (χ1) is 14.0. The molecule has 29 heavy (non-hydrogen) atoms. The van der Waals surface area contributed by atoms with Gasteiger partial charge in [0.2, 0.25) is 0 Å². The number of aromatic nitrogens is 3. The summed E-state index contributed by atoms with van der Waals surface area (Å²) in [6.07, 6.45) is 4.25. The number of hydrogen-bond donors (Lipinski definition) is 3. The molecule has 1 aliphatic heterocycles. The maximum atomic E-state index is 12.6. The van der Waals surface area contributed by atoms with Gasteiger partial charge in [0, 0.05) is 41.5 Å². The second-order valence-electron chi connectivity index (χ2n) is 7.59. The number of anilines is 1. The number of likely N-dealkylation sites (tertiary alicyclic amines) is 1. The summed E-state index contributed by atoms with van der Waals surface area (Å²) in [5.74, 6) is -0.389. The molecule has 0 saturated carbocycles. The smallest absolute Gasteiger partial charge is 0.408 e. The summed E-state index contributed by atoms with van der Waals surface area (Å²) in [4.78, 5) is 36.7. The number of carbonyl (C=O) groups is 1. The Kier molecular flexibility index (Phi) is 4.21. The SMILES string of the molecule is C[C@H]1CCCN1Cc1cc2cnc(NC(=O)c3ccc4oc(=O)[nH]c4c3)cc2[nH]1. The summed E-state index contributed by atoms with van der Waals surface area (Å²) in [6.45, 7) is 4.28. The number of amides is 1. The van der Waals surface area contributed by atoms with Crippen molar-refractivity contribution in [3.63, 3.8) is 0 Å². The van der Waals surface area contributed by atoms with Gasteiger partial charge in [-0.3, -0.25) is 14.7 Å². The first kappa shape index (κ1) is 17.7. The summed E-state index contributed by atoms with van der Waals surface area (Å²) in [5.41, 5.74) is 3.39. The van der Waals surface area contributed by atoms with Gasteiger partial charge in [0.25, 0.3) is 5.91 Å². The number of carbonyl (C=O) groups excluding carboxylic acids is 1. The minimum atomic E-state index is -0.546. The third-order valence-electron chi connectivity index (χ3n) is 5.55. The molecule has 1 fully saturated rings. The standard InChI is InChI=1S/C21H21N5O3/c1-12-3-2-6-26(12)11-15-7-14-10-22-19(9-16(14)23-15)25-20(27)13-4-5-18-17(8-13)24-21(28)29-18/h4-5,7-10,12,23H,2-3,6,11H2,1H3,(H,24,28)(H,22,25,27)/t12-/m0/s1. The number of nitrogens with zero attached hydrogens (tertiary/aromatic N) is 2. The Labute approximate surface area is 165 Å². The molecule has 8 nitrogen and oxygen atoms in total. The van der Waals surface area contributed by atoms with Crippen LogP contribution >= 0.6 is 0 Å². The Bertz CT molecular complexity index is 1270. The van der Waals surface area contributed by atoms with Crippen LogP contribution in [0.3, 0.4) is 0 Å². The molecule has 3 aromatic heterocycles. The zero-order valence-electron chi connectivity index (χ0n) is 16.0. The number of nitrogens with one attached hydrogen (secondary N) is 3. The molecule has 0 radical (unpaired) electrons. The normalized spacial score (nSPS) is 17.3. The monoisotopic (exact) mass is 391 g/mol. The Balaban J connectivity index is 1.35. The highest BCUT2D eigenvalue weighted by Gasteiger charge is 2.20. The number of aromatic amines is 2. The molecule has 1 aromatic carbocycles. The average molecular weight is 391 g/mol. The van der Waals surface area contributed by atoms with Crippen molar-refractivity contribution >= 4 is 33.7 Å². The van der Waals surface area contributed by atoms with E-state index in [1.54, 1.807) is 24.4 Å². The predicted octanol–water partition coefficient (Wildman–Crippen LogP) is 3.23. The molecule has 4 heterocycles. The second-order valence-corrected chi connectivity index (χ2v) is 7.59. The third kappa shape index (κ3) is 3.42. The molecule has 3 N–H and O–H groups in total. The van der Waals surface area contributed by atoms with E-state index in [-0.39, 0.29) is 5.91 Å². The average Bonchev–Trinajstić information content (AvgIpc) is 3.38. The third-order valence-corrected chi connectivity index (χ3v) is 5.55. The summed E-state index contributed by atoms with van der Waals surface area (Å²) in [7, 11) is 0. The van der Waals surface area contributed by atoms with Gasteiger partial charge in [0.15, 0.2) is 5.58 Å². The number of benzene rings is 1. The molecule has 148 valence electrons. The van der Waals surface area contributed by atoms with Crippen LogP contribution < -0.4 is 11.1 Å². The van der Waals surface area contributed by atoms with Crippen molar-refractivity contribution in [2.45, 2.75) is 32.4 Å². The number of oxazole rings is 1. The summed E-state index contributed by atoms with van der Waals surface area (Å²) in [5, 5.41) is 3.82. The van der Waals surface area contributed by atoms with E-state index in [0.717, 1.165) is 29.7 Å². The Morgan fingerprint density at radius 1 is 1.28 bits per heavy atom. The minimum Gasteiger partial charge on any atom is -0.408 e. The quantitative estimate of drug-likeness (QED) is 0.495. The van der Waals surface area contributed by atoms with Crippen LogP contribution in [0.4, 0.5) is 5.82 Å². The Morgan fingerprint density at radius 3 is 3.00 bits per heavy atom. The van der Waals surface area contributed by atoms with Crippen LogP contribution in [0.5, 0.6) is 0 Å². The first-order valence-electron chi connectivity index (χ1n) is 9.71. The highest BCUT2D eigenvalue weighted by atomic mass is 16.4. The van der Waals surface area contributed by atoms with E-state index < -0.39 is 5.76 Å². The van der Waals surface area contributed by atoms with Crippen LogP contribution in [0.25, 0.3) is 22.0 Å². The van der Waals surface area contributed by atoms with Crippen LogP contribution in [0.15, 0.2) is 45.7 Å².